The van der Waals surface area contributed by atoms with Gasteiger partial charge in [0.25, 0.3) is 0 Å². The number of hydrogen-bond donors (Lipinski definition) is 1. The van der Waals surface area contributed by atoms with Crippen molar-refractivity contribution in [2.75, 3.05) is 0 Å². The molecule has 0 heterocycles. The summed E-state index contributed by atoms with van der Waals surface area (Å²) in [6.45, 7) is 0. The van der Waals surface area contributed by atoms with Gasteiger partial charge in [-0.1, -0.05) is 38.5 Å². The van der Waals surface area contributed by atoms with Crippen LogP contribution >= 0.6 is 0 Å². The minimum atomic E-state index is -0.247. The van der Waals surface area contributed by atoms with Crippen molar-refractivity contribution in [3.63, 3.8) is 0 Å². The van der Waals surface area contributed by atoms with Gasteiger partial charge in [-0.05, 0) is 37.5 Å². The molecule has 2 saturated carbocycles. The summed E-state index contributed by atoms with van der Waals surface area (Å²) in [5, 5.41) is 18.1. The average molecular weight is 265 g/mol. The molecule has 2 aliphatic carbocycles. The first-order valence-corrected chi connectivity index (χ1v) is 7.71. The number of aliphatic hydroxyl groups excluding tert-OH is 1. The van der Waals surface area contributed by atoms with Crippen molar-refractivity contribution in [3.8, 4) is 0 Å². The number of rotatable bonds is 4. The lowest BCUT2D eigenvalue weighted by Gasteiger charge is -2.36. The van der Waals surface area contributed by atoms with E-state index in [2.05, 4.69) is 4.98 Å². The first kappa shape index (κ1) is 14.2. The second kappa shape index (κ2) is 7.37. The quantitative estimate of drug-likeness (QED) is 0.590. The molecule has 0 radical (unpaired) electrons. The fourth-order valence-corrected chi connectivity index (χ4v) is 3.72. The van der Waals surface area contributed by atoms with Crippen LogP contribution in [0.2, 0.25) is 0 Å². The van der Waals surface area contributed by atoms with E-state index >= 15 is 0 Å². The molecule has 0 spiro atoms. The van der Waals surface area contributed by atoms with E-state index in [0.717, 1.165) is 6.20 Å². The van der Waals surface area contributed by atoms with Gasteiger partial charge in [0.05, 0.1) is 0 Å². The summed E-state index contributed by atoms with van der Waals surface area (Å²) in [6.07, 6.45) is 13.6. The van der Waals surface area contributed by atoms with E-state index in [-0.39, 0.29) is 12.0 Å². The second-order valence-corrected chi connectivity index (χ2v) is 5.96. The fourth-order valence-electron chi connectivity index (χ4n) is 3.72. The van der Waals surface area contributed by atoms with Crippen molar-refractivity contribution in [2.24, 2.45) is 11.8 Å². The maximum atomic E-state index is 9.67. The molecule has 106 valence electrons. The molecule has 19 heavy (non-hydrogen) atoms. The Balaban J connectivity index is 2.02. The molecule has 0 aromatic carbocycles. The molecule has 0 aromatic rings. The molecule has 1 N–H and O–H groups in total. The molecule has 0 bridgehead atoms. The minimum Gasteiger partial charge on any atom is -0.476 e. The summed E-state index contributed by atoms with van der Waals surface area (Å²) >= 11 is 0. The van der Waals surface area contributed by atoms with E-state index in [4.69, 9.17) is 10.1 Å². The Labute approximate surface area is 115 Å². The van der Waals surface area contributed by atoms with Crippen molar-refractivity contribution in [1.29, 1.82) is 5.39 Å². The zero-order valence-corrected chi connectivity index (χ0v) is 11.6. The third kappa shape index (κ3) is 4.12. The normalized spacial score (nSPS) is 23.3. The Morgan fingerprint density at radius 3 is 1.89 bits per heavy atom. The van der Waals surface area contributed by atoms with E-state index in [0.29, 0.717) is 11.8 Å². The van der Waals surface area contributed by atoms with Gasteiger partial charge in [0.15, 0.2) is 4.98 Å². The van der Waals surface area contributed by atoms with Gasteiger partial charge in [-0.3, -0.25) is 0 Å². The highest BCUT2D eigenvalue weighted by molar-refractivity contribution is 4.91. The van der Waals surface area contributed by atoms with E-state index in [1.165, 1.54) is 64.2 Å². The Hall–Kier alpha value is -1.24. The van der Waals surface area contributed by atoms with Crippen molar-refractivity contribution >= 4 is 0 Å². The van der Waals surface area contributed by atoms with Crippen molar-refractivity contribution in [3.05, 3.63) is 17.1 Å². The van der Waals surface area contributed by atoms with Crippen LogP contribution in [-0.2, 0) is 4.74 Å². The number of nitrogens with zero attached hydrogens (tertiary/aromatic N) is 2. The first-order valence-electron chi connectivity index (χ1n) is 7.71. The van der Waals surface area contributed by atoms with Gasteiger partial charge in [-0.25, -0.2) is 0 Å². The zero-order valence-electron chi connectivity index (χ0n) is 11.6. The first-order chi connectivity index (χ1) is 9.31. The topological polar surface area (TPSA) is 57.6 Å². The van der Waals surface area contributed by atoms with Crippen LogP contribution in [0.15, 0.2) is 12.1 Å². The van der Waals surface area contributed by atoms with Gasteiger partial charge in [0.2, 0.25) is 5.39 Å². The van der Waals surface area contributed by atoms with Crippen LogP contribution in [0.25, 0.3) is 4.98 Å². The highest BCUT2D eigenvalue weighted by Crippen LogP contribution is 2.38. The van der Waals surface area contributed by atoms with Gasteiger partial charge < -0.3 is 9.84 Å². The van der Waals surface area contributed by atoms with Crippen LogP contribution in [0.5, 0.6) is 0 Å². The van der Waals surface area contributed by atoms with E-state index in [9.17, 15) is 5.11 Å². The molecular weight excluding hydrogens is 240 g/mol. The lowest BCUT2D eigenvalue weighted by molar-refractivity contribution is -0.0515. The van der Waals surface area contributed by atoms with Crippen LogP contribution < -0.4 is 0 Å². The molecule has 0 atom stereocenters. The zero-order chi connectivity index (χ0) is 13.5. The number of diazo groups is 1. The summed E-state index contributed by atoms with van der Waals surface area (Å²) in [7, 11) is 0. The second-order valence-electron chi connectivity index (χ2n) is 5.96. The smallest absolute Gasteiger partial charge is 0.429 e. The molecule has 4 heteroatoms. The Morgan fingerprint density at radius 2 is 1.47 bits per heavy atom. The number of ether oxygens (including phenoxy) is 1. The maximum Gasteiger partial charge on any atom is 0.429 e. The molecule has 2 rings (SSSR count). The summed E-state index contributed by atoms with van der Waals surface area (Å²) in [5.41, 5.74) is 0. The summed E-state index contributed by atoms with van der Waals surface area (Å²) in [6, 6.07) is 0. The molecule has 0 saturated heterocycles. The molecule has 0 aromatic heterocycles. The molecule has 2 aliphatic rings. The van der Waals surface area contributed by atoms with Gasteiger partial charge in [0, 0.05) is 0 Å². The third-order valence-electron chi connectivity index (χ3n) is 4.65. The van der Waals surface area contributed by atoms with E-state index in [1.54, 1.807) is 0 Å². The largest absolute Gasteiger partial charge is 0.476 e. The van der Waals surface area contributed by atoms with Crippen LogP contribution in [0.4, 0.5) is 0 Å². The highest BCUT2D eigenvalue weighted by atomic mass is 16.6. The van der Waals surface area contributed by atoms with Gasteiger partial charge in [-0.2, -0.15) is 0 Å². The van der Waals surface area contributed by atoms with Crippen LogP contribution in [0, 0.1) is 17.2 Å². The van der Waals surface area contributed by atoms with Crippen LogP contribution in [-0.4, -0.2) is 11.2 Å². The Kier molecular flexibility index (Phi) is 5.50. The number of aliphatic hydroxyl groups is 1. The van der Waals surface area contributed by atoms with E-state index < -0.39 is 0 Å². The monoisotopic (exact) mass is 265 g/mol. The number of hydrogen-bond acceptors (Lipinski definition) is 3. The van der Waals surface area contributed by atoms with Gasteiger partial charge in [-0.15, -0.1) is 0 Å². The molecule has 0 unspecified atom stereocenters. The predicted molar refractivity (Wildman–Crippen MR) is 73.8 cm³/mol. The summed E-state index contributed by atoms with van der Waals surface area (Å²) in [4.78, 5) is 2.84. The average Bonchev–Trinajstić information content (AvgIpc) is 2.47. The third-order valence-corrected chi connectivity index (χ3v) is 4.65. The standard InChI is InChI=1S/C15H24N2O2/c16-17-11-14(18)19-15(12-7-3-1-4-8-12)13-9-5-2-6-10-13/h11-13,15H,1-10H2/p+1. The summed E-state index contributed by atoms with van der Waals surface area (Å²) in [5.74, 6) is 0.848. The lowest BCUT2D eigenvalue weighted by Crippen LogP contribution is -2.34. The van der Waals surface area contributed by atoms with Crippen molar-refractivity contribution in [1.82, 2.24) is 0 Å². The van der Waals surface area contributed by atoms with Crippen molar-refractivity contribution in [2.45, 2.75) is 70.3 Å². The van der Waals surface area contributed by atoms with Crippen LogP contribution in [0.1, 0.15) is 64.2 Å². The van der Waals surface area contributed by atoms with Gasteiger partial charge >= 0.3 is 12.1 Å². The molecule has 4 nitrogen and oxygen atoms in total. The summed E-state index contributed by atoms with van der Waals surface area (Å²) < 4.78 is 5.73. The van der Waals surface area contributed by atoms with Gasteiger partial charge in [0.1, 0.15) is 6.10 Å². The highest BCUT2D eigenvalue weighted by Gasteiger charge is 2.34. The van der Waals surface area contributed by atoms with Crippen LogP contribution in [0.3, 0.4) is 0 Å². The van der Waals surface area contributed by atoms with E-state index in [1.807, 2.05) is 0 Å². The molecule has 0 amide bonds. The molecule has 2 fully saturated rings. The Morgan fingerprint density at radius 1 is 1.00 bits per heavy atom. The minimum absolute atomic E-state index is 0.0959. The van der Waals surface area contributed by atoms with Crippen molar-refractivity contribution < 1.29 is 9.84 Å². The predicted octanol–water partition coefficient (Wildman–Crippen LogP) is 4.74. The fraction of sp³-hybridized carbons (Fsp3) is 0.867. The maximum absolute atomic E-state index is 9.67. The Bertz CT molecular complexity index is 319. The SMILES string of the molecule is N#[N+]C=C(O)OC(C1CCCCC1)C1CCCCC1. The lowest BCUT2D eigenvalue weighted by atomic mass is 9.75. The molecule has 0 aliphatic heterocycles. The molecular formula is C15H25N2O2+.